The smallest absolute Gasteiger partial charge is 0.122 e. The standard InChI is InChI=1S/C25H34O.C5H12.C2H6/c1-6-9-17-26-25-16-14-23(18-22(25)8-3)21(7-2)13-15-24-19(4)11-10-12-20(24)5;1-3-5-4-2;1-2/h10-14,16,18H,6-9,15,17H2,1-5H3;3-5H2,1-2H3;1-2H3. The highest BCUT2D eigenvalue weighted by Gasteiger charge is 2.07. The second-order valence-electron chi connectivity index (χ2n) is 8.39. The van der Waals surface area contributed by atoms with Crippen molar-refractivity contribution in [3.8, 4) is 5.75 Å². The predicted octanol–water partition coefficient (Wildman–Crippen LogP) is 10.3. The Labute approximate surface area is 206 Å². The van der Waals surface area contributed by atoms with Gasteiger partial charge in [-0.05, 0) is 85.1 Å². The Bertz CT molecular complexity index is 763. The lowest BCUT2D eigenvalue weighted by Gasteiger charge is -2.14. The molecule has 0 spiro atoms. The van der Waals surface area contributed by atoms with Gasteiger partial charge >= 0.3 is 0 Å². The van der Waals surface area contributed by atoms with E-state index >= 15 is 0 Å². The third-order valence-electron chi connectivity index (χ3n) is 5.85. The first kappa shape index (κ1) is 31.0. The molecular formula is C32H52O. The quantitative estimate of drug-likeness (QED) is 0.308. The fourth-order valence-corrected chi connectivity index (χ4v) is 3.74. The van der Waals surface area contributed by atoms with Crippen LogP contribution in [0.1, 0.15) is 115 Å². The van der Waals surface area contributed by atoms with Crippen molar-refractivity contribution in [2.75, 3.05) is 6.61 Å². The number of benzene rings is 2. The van der Waals surface area contributed by atoms with E-state index < -0.39 is 0 Å². The van der Waals surface area contributed by atoms with Gasteiger partial charge in [0, 0.05) is 0 Å². The molecule has 0 N–H and O–H groups in total. The molecule has 0 saturated heterocycles. The number of hydrogen-bond donors (Lipinski definition) is 0. The zero-order valence-corrected chi connectivity index (χ0v) is 23.3. The van der Waals surface area contributed by atoms with Crippen molar-refractivity contribution in [3.05, 3.63) is 70.3 Å². The average Bonchev–Trinajstić information content (AvgIpc) is 2.84. The molecule has 0 aliphatic rings. The van der Waals surface area contributed by atoms with Gasteiger partial charge in [0.1, 0.15) is 5.75 Å². The molecule has 2 aromatic carbocycles. The normalized spacial score (nSPS) is 10.6. The van der Waals surface area contributed by atoms with Crippen LogP contribution in [0.5, 0.6) is 5.75 Å². The van der Waals surface area contributed by atoms with Crippen molar-refractivity contribution in [1.82, 2.24) is 0 Å². The number of ether oxygens (including phenoxy) is 1. The van der Waals surface area contributed by atoms with Crippen LogP contribution < -0.4 is 4.74 Å². The third-order valence-corrected chi connectivity index (χ3v) is 5.85. The fourth-order valence-electron chi connectivity index (χ4n) is 3.74. The highest BCUT2D eigenvalue weighted by atomic mass is 16.5. The highest BCUT2D eigenvalue weighted by Crippen LogP contribution is 2.27. The van der Waals surface area contributed by atoms with Gasteiger partial charge in [0.05, 0.1) is 6.61 Å². The van der Waals surface area contributed by atoms with Crippen molar-refractivity contribution in [2.24, 2.45) is 0 Å². The first-order valence-corrected chi connectivity index (χ1v) is 13.5. The molecule has 0 fully saturated rings. The zero-order valence-electron chi connectivity index (χ0n) is 23.3. The van der Waals surface area contributed by atoms with Crippen LogP contribution in [0, 0.1) is 13.8 Å². The van der Waals surface area contributed by atoms with E-state index in [1.165, 1.54) is 59.1 Å². The molecule has 0 atom stereocenters. The van der Waals surface area contributed by atoms with Crippen LogP contribution in [-0.2, 0) is 12.8 Å². The summed E-state index contributed by atoms with van der Waals surface area (Å²) in [5.41, 5.74) is 8.27. The van der Waals surface area contributed by atoms with Crippen molar-refractivity contribution >= 4 is 5.57 Å². The van der Waals surface area contributed by atoms with E-state index in [0.29, 0.717) is 0 Å². The van der Waals surface area contributed by atoms with Gasteiger partial charge in [-0.1, -0.05) is 104 Å². The van der Waals surface area contributed by atoms with Gasteiger partial charge in [0.15, 0.2) is 0 Å². The molecule has 0 aliphatic carbocycles. The molecular weight excluding hydrogens is 400 g/mol. The van der Waals surface area contributed by atoms with Gasteiger partial charge < -0.3 is 4.74 Å². The predicted molar refractivity (Wildman–Crippen MR) is 151 cm³/mol. The van der Waals surface area contributed by atoms with E-state index in [1.54, 1.807) is 0 Å². The molecule has 2 rings (SSSR count). The van der Waals surface area contributed by atoms with E-state index in [4.69, 9.17) is 4.74 Å². The van der Waals surface area contributed by atoms with E-state index in [9.17, 15) is 0 Å². The van der Waals surface area contributed by atoms with Crippen molar-refractivity contribution in [1.29, 1.82) is 0 Å². The van der Waals surface area contributed by atoms with E-state index in [0.717, 1.165) is 38.0 Å². The van der Waals surface area contributed by atoms with Crippen molar-refractivity contribution in [2.45, 2.75) is 114 Å². The maximum absolute atomic E-state index is 5.98. The van der Waals surface area contributed by atoms with Crippen LogP contribution >= 0.6 is 0 Å². The Morgan fingerprint density at radius 2 is 1.42 bits per heavy atom. The molecule has 0 bridgehead atoms. The van der Waals surface area contributed by atoms with Gasteiger partial charge in [0.25, 0.3) is 0 Å². The number of rotatable bonds is 11. The molecule has 0 saturated carbocycles. The lowest BCUT2D eigenvalue weighted by molar-refractivity contribution is 0.306. The molecule has 0 radical (unpaired) electrons. The SMILES string of the molecule is CC.CCCCC.CCCCOc1ccc(C(=CCc2c(C)cccc2C)CC)cc1CC. The monoisotopic (exact) mass is 452 g/mol. The second-order valence-corrected chi connectivity index (χ2v) is 8.39. The molecule has 0 heterocycles. The Kier molecular flexibility index (Phi) is 18.3. The van der Waals surface area contributed by atoms with Gasteiger partial charge in [-0.15, -0.1) is 0 Å². The van der Waals surface area contributed by atoms with Gasteiger partial charge in [-0.2, -0.15) is 0 Å². The summed E-state index contributed by atoms with van der Waals surface area (Å²) in [6.07, 6.45) is 11.8. The molecule has 1 heteroatoms. The van der Waals surface area contributed by atoms with Crippen LogP contribution in [0.2, 0.25) is 0 Å². The molecule has 2 aromatic rings. The molecule has 0 amide bonds. The third kappa shape index (κ3) is 11.6. The first-order valence-electron chi connectivity index (χ1n) is 13.5. The summed E-state index contributed by atoms with van der Waals surface area (Å²) >= 11 is 0. The lowest BCUT2D eigenvalue weighted by Crippen LogP contribution is -2.00. The second kappa shape index (κ2) is 19.4. The maximum atomic E-state index is 5.98. The molecule has 0 unspecified atom stereocenters. The van der Waals surface area contributed by atoms with Gasteiger partial charge in [-0.25, -0.2) is 0 Å². The largest absolute Gasteiger partial charge is 0.493 e. The summed E-state index contributed by atoms with van der Waals surface area (Å²) < 4.78 is 5.98. The molecule has 1 nitrogen and oxygen atoms in total. The lowest BCUT2D eigenvalue weighted by atomic mass is 9.95. The minimum Gasteiger partial charge on any atom is -0.493 e. The van der Waals surface area contributed by atoms with Crippen LogP contribution in [0.4, 0.5) is 0 Å². The van der Waals surface area contributed by atoms with E-state index in [2.05, 4.69) is 90.9 Å². The molecule has 33 heavy (non-hydrogen) atoms. The van der Waals surface area contributed by atoms with Crippen LogP contribution in [0.3, 0.4) is 0 Å². The molecule has 0 aliphatic heterocycles. The zero-order chi connectivity index (χ0) is 25.1. The summed E-state index contributed by atoms with van der Waals surface area (Å²) in [5, 5.41) is 0. The Morgan fingerprint density at radius 3 is 1.91 bits per heavy atom. The van der Waals surface area contributed by atoms with Crippen LogP contribution in [0.15, 0.2) is 42.5 Å². The molecule has 0 aromatic heterocycles. The van der Waals surface area contributed by atoms with Crippen LogP contribution in [-0.4, -0.2) is 6.61 Å². The number of hydrogen-bond acceptors (Lipinski definition) is 1. The molecule has 186 valence electrons. The van der Waals surface area contributed by atoms with Crippen molar-refractivity contribution in [3.63, 3.8) is 0 Å². The topological polar surface area (TPSA) is 9.23 Å². The summed E-state index contributed by atoms with van der Waals surface area (Å²) in [7, 11) is 0. The van der Waals surface area contributed by atoms with Crippen LogP contribution in [0.25, 0.3) is 5.57 Å². The maximum Gasteiger partial charge on any atom is 0.122 e. The number of unbranched alkanes of at least 4 members (excludes halogenated alkanes) is 3. The highest BCUT2D eigenvalue weighted by molar-refractivity contribution is 5.67. The minimum atomic E-state index is 0.811. The Balaban J connectivity index is 0.00000129. The first-order chi connectivity index (χ1) is 16.0. The average molecular weight is 453 g/mol. The summed E-state index contributed by atoms with van der Waals surface area (Å²) in [5.74, 6) is 1.05. The van der Waals surface area contributed by atoms with Gasteiger partial charge in [-0.3, -0.25) is 0 Å². The number of allylic oxidation sites excluding steroid dienone is 2. The summed E-state index contributed by atoms with van der Waals surface area (Å²) in [6.45, 7) is 20.3. The van der Waals surface area contributed by atoms with E-state index in [-0.39, 0.29) is 0 Å². The Morgan fingerprint density at radius 1 is 0.818 bits per heavy atom. The summed E-state index contributed by atoms with van der Waals surface area (Å²) in [4.78, 5) is 0. The number of aryl methyl sites for hydroxylation is 3. The Hall–Kier alpha value is -2.02. The fraction of sp³-hybridized carbons (Fsp3) is 0.562. The minimum absolute atomic E-state index is 0.811. The van der Waals surface area contributed by atoms with E-state index in [1.807, 2.05) is 13.8 Å². The summed E-state index contributed by atoms with van der Waals surface area (Å²) in [6, 6.07) is 13.3. The van der Waals surface area contributed by atoms with Crippen molar-refractivity contribution < 1.29 is 4.74 Å². The van der Waals surface area contributed by atoms with Gasteiger partial charge in [0.2, 0.25) is 0 Å².